The largest absolute Gasteiger partial charge is 0.478 e. The number of hydrogen-bond acceptors (Lipinski definition) is 4. The summed E-state index contributed by atoms with van der Waals surface area (Å²) in [5.74, 6) is -2.87. The van der Waals surface area contributed by atoms with E-state index in [1.807, 2.05) is 0 Å². The Hall–Kier alpha value is -3.22. The van der Waals surface area contributed by atoms with Gasteiger partial charge >= 0.3 is 11.9 Å². The van der Waals surface area contributed by atoms with E-state index >= 15 is 0 Å². The highest BCUT2D eigenvalue weighted by atomic mass is 16.4. The molecule has 0 aliphatic rings. The van der Waals surface area contributed by atoms with Crippen LogP contribution in [-0.2, 0) is 6.54 Å². The number of carbonyl (C=O) groups is 3. The number of aromatic nitrogens is 1. The van der Waals surface area contributed by atoms with Gasteiger partial charge < -0.3 is 15.5 Å². The van der Waals surface area contributed by atoms with Gasteiger partial charge in [0.25, 0.3) is 5.91 Å². The third-order valence-corrected chi connectivity index (χ3v) is 2.91. The average Bonchev–Trinajstić information content (AvgIpc) is 2.53. The van der Waals surface area contributed by atoms with Crippen LogP contribution in [0, 0.1) is 0 Å². The minimum Gasteiger partial charge on any atom is -0.478 e. The molecule has 0 spiro atoms. The summed E-state index contributed by atoms with van der Waals surface area (Å²) in [6.07, 6.45) is 1.30. The summed E-state index contributed by atoms with van der Waals surface area (Å²) in [4.78, 5) is 37.4. The Morgan fingerprint density at radius 1 is 1.00 bits per heavy atom. The van der Waals surface area contributed by atoms with Crippen molar-refractivity contribution in [1.29, 1.82) is 0 Å². The molecule has 1 heterocycles. The van der Waals surface area contributed by atoms with Gasteiger partial charge in [-0.3, -0.25) is 4.79 Å². The lowest BCUT2D eigenvalue weighted by molar-refractivity contribution is 0.0679. The number of pyridine rings is 1. The van der Waals surface area contributed by atoms with Crippen molar-refractivity contribution in [2.24, 2.45) is 0 Å². The smallest absolute Gasteiger partial charge is 0.355 e. The topological polar surface area (TPSA) is 117 Å². The normalized spacial score (nSPS) is 10.0. The summed E-state index contributed by atoms with van der Waals surface area (Å²) in [6.45, 7) is 0.146. The highest BCUT2D eigenvalue weighted by molar-refractivity contribution is 6.03. The lowest BCUT2D eigenvalue weighted by atomic mass is 10.1. The van der Waals surface area contributed by atoms with Gasteiger partial charge in [0.1, 0.15) is 0 Å². The van der Waals surface area contributed by atoms with Crippen LogP contribution in [0.25, 0.3) is 0 Å². The fourth-order valence-electron chi connectivity index (χ4n) is 1.80. The predicted octanol–water partition coefficient (Wildman–Crippen LogP) is 1.41. The van der Waals surface area contributed by atoms with E-state index in [9.17, 15) is 14.4 Å². The highest BCUT2D eigenvalue weighted by Gasteiger charge is 2.17. The predicted molar refractivity (Wildman–Crippen MR) is 75.8 cm³/mol. The first kappa shape index (κ1) is 15.2. The lowest BCUT2D eigenvalue weighted by Crippen LogP contribution is -2.25. The molecule has 22 heavy (non-hydrogen) atoms. The Morgan fingerprint density at radius 3 is 2.27 bits per heavy atom. The Labute approximate surface area is 125 Å². The van der Waals surface area contributed by atoms with Crippen LogP contribution in [0.3, 0.4) is 0 Å². The van der Waals surface area contributed by atoms with Crippen molar-refractivity contribution in [1.82, 2.24) is 10.3 Å². The number of nitrogens with zero attached hydrogens (tertiary/aromatic N) is 1. The molecule has 0 unspecified atom stereocenters. The van der Waals surface area contributed by atoms with Gasteiger partial charge in [-0.25, -0.2) is 14.6 Å². The van der Waals surface area contributed by atoms with Crippen molar-refractivity contribution in [3.05, 3.63) is 65.0 Å². The molecule has 7 heteroatoms. The maximum absolute atomic E-state index is 12.0. The highest BCUT2D eigenvalue weighted by Crippen LogP contribution is 2.07. The molecule has 0 saturated heterocycles. The molecule has 2 aromatic rings. The summed E-state index contributed by atoms with van der Waals surface area (Å²) in [5.41, 5.74) is 0.494. The Kier molecular flexibility index (Phi) is 4.47. The summed E-state index contributed by atoms with van der Waals surface area (Å²) >= 11 is 0. The molecule has 0 atom stereocenters. The van der Waals surface area contributed by atoms with Crippen LogP contribution >= 0.6 is 0 Å². The first-order valence-electron chi connectivity index (χ1n) is 6.28. The number of aromatic carboxylic acids is 2. The van der Waals surface area contributed by atoms with Crippen molar-refractivity contribution < 1.29 is 24.6 Å². The van der Waals surface area contributed by atoms with E-state index in [0.717, 1.165) is 0 Å². The molecule has 0 aliphatic heterocycles. The number of nitrogens with one attached hydrogen (secondary N) is 1. The van der Waals surface area contributed by atoms with Crippen molar-refractivity contribution in [2.75, 3.05) is 0 Å². The monoisotopic (exact) mass is 300 g/mol. The van der Waals surface area contributed by atoms with E-state index in [0.29, 0.717) is 5.56 Å². The molecular formula is C15H12N2O5. The van der Waals surface area contributed by atoms with Crippen LogP contribution in [0.2, 0.25) is 0 Å². The molecular weight excluding hydrogens is 288 g/mol. The van der Waals surface area contributed by atoms with E-state index in [1.165, 1.54) is 30.5 Å². The van der Waals surface area contributed by atoms with Crippen molar-refractivity contribution >= 4 is 17.8 Å². The van der Waals surface area contributed by atoms with Crippen LogP contribution in [0.1, 0.15) is 36.8 Å². The molecule has 2 rings (SSSR count). The number of rotatable bonds is 5. The quantitative estimate of drug-likeness (QED) is 0.768. The van der Waals surface area contributed by atoms with E-state index in [1.54, 1.807) is 12.1 Å². The van der Waals surface area contributed by atoms with Crippen molar-refractivity contribution in [3.8, 4) is 0 Å². The minimum atomic E-state index is -1.28. The maximum atomic E-state index is 12.0. The Balaban J connectivity index is 2.07. The van der Waals surface area contributed by atoms with Gasteiger partial charge in [-0.05, 0) is 29.8 Å². The van der Waals surface area contributed by atoms with Gasteiger partial charge in [0.05, 0.1) is 11.1 Å². The zero-order valence-electron chi connectivity index (χ0n) is 11.3. The number of carboxylic acid groups (broad SMARTS) is 2. The summed E-state index contributed by atoms with van der Waals surface area (Å²) in [6, 6.07) is 8.85. The van der Waals surface area contributed by atoms with E-state index in [-0.39, 0.29) is 23.4 Å². The first-order chi connectivity index (χ1) is 10.5. The summed E-state index contributed by atoms with van der Waals surface area (Å²) < 4.78 is 0. The number of carbonyl (C=O) groups excluding carboxylic acids is 1. The molecule has 7 nitrogen and oxygen atoms in total. The molecule has 0 saturated carbocycles. The average molecular weight is 300 g/mol. The SMILES string of the molecule is O=C(O)c1ccc(CNC(=O)c2cccnc2C(=O)O)cc1. The number of benzene rings is 1. The zero-order valence-corrected chi connectivity index (χ0v) is 11.3. The van der Waals surface area contributed by atoms with Crippen molar-refractivity contribution in [2.45, 2.75) is 6.54 Å². The van der Waals surface area contributed by atoms with Gasteiger partial charge in [-0.15, -0.1) is 0 Å². The van der Waals surface area contributed by atoms with Gasteiger partial charge in [0.15, 0.2) is 5.69 Å². The van der Waals surface area contributed by atoms with Crippen LogP contribution in [0.5, 0.6) is 0 Å². The summed E-state index contributed by atoms with van der Waals surface area (Å²) in [5, 5.41) is 20.3. The van der Waals surface area contributed by atoms with Crippen LogP contribution in [0.4, 0.5) is 0 Å². The second-order valence-electron chi connectivity index (χ2n) is 4.39. The molecule has 3 N–H and O–H groups in total. The standard InChI is InChI=1S/C15H12N2O5/c18-13(11-2-1-7-16-12(11)15(21)22)17-8-9-3-5-10(6-4-9)14(19)20/h1-7H,8H2,(H,17,18)(H,19,20)(H,21,22). The fraction of sp³-hybridized carbons (Fsp3) is 0.0667. The van der Waals surface area contributed by atoms with Crippen LogP contribution in [0.15, 0.2) is 42.6 Å². The second-order valence-corrected chi connectivity index (χ2v) is 4.39. The Bertz CT molecular complexity index is 725. The lowest BCUT2D eigenvalue weighted by Gasteiger charge is -2.07. The third kappa shape index (κ3) is 3.45. The molecule has 0 fully saturated rings. The van der Waals surface area contributed by atoms with Crippen LogP contribution in [-0.4, -0.2) is 33.0 Å². The van der Waals surface area contributed by atoms with E-state index < -0.39 is 17.8 Å². The fourth-order valence-corrected chi connectivity index (χ4v) is 1.80. The molecule has 0 bridgehead atoms. The zero-order chi connectivity index (χ0) is 16.1. The van der Waals surface area contributed by atoms with E-state index in [4.69, 9.17) is 10.2 Å². The minimum absolute atomic E-state index is 0.0304. The van der Waals surface area contributed by atoms with Gasteiger partial charge in [0, 0.05) is 12.7 Å². The first-order valence-corrected chi connectivity index (χ1v) is 6.28. The second kappa shape index (κ2) is 6.49. The van der Waals surface area contributed by atoms with E-state index in [2.05, 4.69) is 10.3 Å². The molecule has 1 amide bonds. The number of amides is 1. The molecule has 112 valence electrons. The summed E-state index contributed by atoms with van der Waals surface area (Å²) in [7, 11) is 0. The molecule has 0 aliphatic carbocycles. The van der Waals surface area contributed by atoms with Gasteiger partial charge in [-0.2, -0.15) is 0 Å². The maximum Gasteiger partial charge on any atom is 0.355 e. The van der Waals surface area contributed by atoms with Crippen molar-refractivity contribution in [3.63, 3.8) is 0 Å². The number of carboxylic acids is 2. The molecule has 1 aromatic carbocycles. The van der Waals surface area contributed by atoms with Gasteiger partial charge in [-0.1, -0.05) is 12.1 Å². The van der Waals surface area contributed by atoms with Crippen LogP contribution < -0.4 is 5.32 Å². The molecule has 1 aromatic heterocycles. The Morgan fingerprint density at radius 2 is 1.68 bits per heavy atom. The third-order valence-electron chi connectivity index (χ3n) is 2.91. The van der Waals surface area contributed by atoms with Gasteiger partial charge in [0.2, 0.25) is 0 Å². The molecule has 0 radical (unpaired) electrons. The number of hydrogen-bond donors (Lipinski definition) is 3.